The zero-order valence-corrected chi connectivity index (χ0v) is 11.4. The summed E-state index contributed by atoms with van der Waals surface area (Å²) in [5.74, 6) is -0.189. The fraction of sp³-hybridized carbons (Fsp3) is 0.692. The van der Waals surface area contributed by atoms with Crippen LogP contribution in [0.4, 0.5) is 5.69 Å². The van der Waals surface area contributed by atoms with E-state index in [0.717, 1.165) is 18.5 Å². The number of nitrogen functional groups attached to an aromatic ring is 1. The fourth-order valence-corrected chi connectivity index (χ4v) is 1.80. The number of H-pyrrole nitrogens is 1. The first-order chi connectivity index (χ1) is 8.66. The number of hydrogen-bond donors (Lipinski definition) is 3. The van der Waals surface area contributed by atoms with Gasteiger partial charge in [0.1, 0.15) is 0 Å². The van der Waals surface area contributed by atoms with Gasteiger partial charge in [-0.3, -0.25) is 9.89 Å². The second-order valence-electron chi connectivity index (χ2n) is 4.63. The lowest BCUT2D eigenvalue weighted by molar-refractivity contribution is 0.0949. The minimum Gasteiger partial charge on any atom is -0.395 e. The van der Waals surface area contributed by atoms with E-state index in [9.17, 15) is 4.79 Å². The van der Waals surface area contributed by atoms with E-state index in [1.54, 1.807) is 6.92 Å². The number of aromatic nitrogens is 2. The highest BCUT2D eigenvalue weighted by atomic mass is 16.1. The van der Waals surface area contributed by atoms with Crippen LogP contribution in [0.2, 0.25) is 0 Å². The SMILES string of the molecule is CCCCCCCCNC(=O)c1n[nH]c(C)c1N. The Morgan fingerprint density at radius 1 is 1.28 bits per heavy atom. The van der Waals surface area contributed by atoms with Crippen molar-refractivity contribution in [2.45, 2.75) is 52.4 Å². The van der Waals surface area contributed by atoms with E-state index in [4.69, 9.17) is 5.73 Å². The monoisotopic (exact) mass is 252 g/mol. The Bertz CT molecular complexity index is 373. The summed E-state index contributed by atoms with van der Waals surface area (Å²) in [6.45, 7) is 4.69. The van der Waals surface area contributed by atoms with Gasteiger partial charge in [0.2, 0.25) is 0 Å². The van der Waals surface area contributed by atoms with E-state index in [-0.39, 0.29) is 5.91 Å². The molecular weight excluding hydrogens is 228 g/mol. The van der Waals surface area contributed by atoms with Crippen LogP contribution in [0.3, 0.4) is 0 Å². The Kier molecular flexibility index (Phi) is 6.25. The number of carbonyl (C=O) groups excluding carboxylic acids is 1. The molecule has 1 heterocycles. The van der Waals surface area contributed by atoms with Crippen LogP contribution < -0.4 is 11.1 Å². The molecule has 102 valence electrons. The number of carbonyl (C=O) groups is 1. The maximum absolute atomic E-state index is 11.7. The zero-order chi connectivity index (χ0) is 13.4. The highest BCUT2D eigenvalue weighted by Gasteiger charge is 2.14. The standard InChI is InChI=1S/C13H24N4O/c1-3-4-5-6-7-8-9-15-13(18)12-11(14)10(2)16-17-12/h3-9,14H2,1-2H3,(H,15,18)(H,16,17). The smallest absolute Gasteiger partial charge is 0.273 e. The number of rotatable bonds is 8. The summed E-state index contributed by atoms with van der Waals surface area (Å²) in [6.07, 6.45) is 7.27. The van der Waals surface area contributed by atoms with Gasteiger partial charge in [-0.15, -0.1) is 0 Å². The molecule has 0 radical (unpaired) electrons. The van der Waals surface area contributed by atoms with Gasteiger partial charge < -0.3 is 11.1 Å². The summed E-state index contributed by atoms with van der Waals surface area (Å²) in [4.78, 5) is 11.7. The van der Waals surface area contributed by atoms with Crippen molar-refractivity contribution in [2.75, 3.05) is 12.3 Å². The van der Waals surface area contributed by atoms with Crippen LogP contribution in [0.1, 0.15) is 61.6 Å². The number of hydrogen-bond acceptors (Lipinski definition) is 3. The molecule has 0 bridgehead atoms. The third kappa shape index (κ3) is 4.39. The van der Waals surface area contributed by atoms with E-state index >= 15 is 0 Å². The normalized spacial score (nSPS) is 10.6. The molecule has 1 aromatic rings. The van der Waals surface area contributed by atoms with Crippen molar-refractivity contribution < 1.29 is 4.79 Å². The fourth-order valence-electron chi connectivity index (χ4n) is 1.80. The second-order valence-corrected chi connectivity index (χ2v) is 4.63. The summed E-state index contributed by atoms with van der Waals surface area (Å²) in [5, 5.41) is 9.44. The maximum Gasteiger partial charge on any atom is 0.273 e. The Balaban J connectivity index is 2.16. The number of aromatic amines is 1. The number of amides is 1. The zero-order valence-electron chi connectivity index (χ0n) is 11.4. The van der Waals surface area contributed by atoms with Gasteiger partial charge in [0.15, 0.2) is 5.69 Å². The first kappa shape index (κ1) is 14.5. The minimum atomic E-state index is -0.189. The molecule has 0 atom stereocenters. The van der Waals surface area contributed by atoms with Crippen molar-refractivity contribution >= 4 is 11.6 Å². The van der Waals surface area contributed by atoms with Crippen LogP contribution in [0.15, 0.2) is 0 Å². The number of aryl methyl sites for hydroxylation is 1. The van der Waals surface area contributed by atoms with Gasteiger partial charge in [-0.2, -0.15) is 5.10 Å². The van der Waals surface area contributed by atoms with Crippen molar-refractivity contribution in [1.82, 2.24) is 15.5 Å². The largest absolute Gasteiger partial charge is 0.395 e. The van der Waals surface area contributed by atoms with Crippen LogP contribution >= 0.6 is 0 Å². The van der Waals surface area contributed by atoms with E-state index in [0.29, 0.717) is 17.9 Å². The second kappa shape index (κ2) is 7.74. The lowest BCUT2D eigenvalue weighted by Crippen LogP contribution is -2.25. The van der Waals surface area contributed by atoms with E-state index in [1.165, 1.54) is 25.7 Å². The molecule has 0 aliphatic rings. The number of nitrogens with one attached hydrogen (secondary N) is 2. The van der Waals surface area contributed by atoms with Crippen molar-refractivity contribution in [2.24, 2.45) is 0 Å². The first-order valence-electron chi connectivity index (χ1n) is 6.75. The minimum absolute atomic E-state index is 0.189. The van der Waals surface area contributed by atoms with Gasteiger partial charge in [0.05, 0.1) is 11.4 Å². The molecule has 0 spiro atoms. The third-order valence-corrected chi connectivity index (χ3v) is 3.03. The average Bonchev–Trinajstić information content (AvgIpc) is 2.69. The van der Waals surface area contributed by atoms with Crippen molar-refractivity contribution in [1.29, 1.82) is 0 Å². The van der Waals surface area contributed by atoms with Gasteiger partial charge in [0, 0.05) is 6.54 Å². The number of unbranched alkanes of at least 4 members (excludes halogenated alkanes) is 5. The Labute approximate surface area is 109 Å². The average molecular weight is 252 g/mol. The Hall–Kier alpha value is -1.52. The quantitative estimate of drug-likeness (QED) is 0.621. The van der Waals surface area contributed by atoms with Crippen LogP contribution in [-0.2, 0) is 0 Å². The molecule has 18 heavy (non-hydrogen) atoms. The van der Waals surface area contributed by atoms with Crippen LogP contribution in [0.5, 0.6) is 0 Å². The van der Waals surface area contributed by atoms with Crippen LogP contribution in [0, 0.1) is 6.92 Å². The predicted octanol–water partition coefficient (Wildman–Crippen LogP) is 2.39. The number of anilines is 1. The topological polar surface area (TPSA) is 83.8 Å². The summed E-state index contributed by atoms with van der Waals surface area (Å²) >= 11 is 0. The summed E-state index contributed by atoms with van der Waals surface area (Å²) < 4.78 is 0. The lowest BCUT2D eigenvalue weighted by Gasteiger charge is -2.04. The van der Waals surface area contributed by atoms with Crippen molar-refractivity contribution in [3.63, 3.8) is 0 Å². The highest BCUT2D eigenvalue weighted by molar-refractivity contribution is 5.97. The molecule has 1 amide bonds. The van der Waals surface area contributed by atoms with Gasteiger partial charge in [-0.05, 0) is 13.3 Å². The van der Waals surface area contributed by atoms with Crippen molar-refractivity contribution in [3.8, 4) is 0 Å². The summed E-state index contributed by atoms with van der Waals surface area (Å²) in [5.41, 5.74) is 7.21. The maximum atomic E-state index is 11.7. The molecule has 0 aromatic carbocycles. The van der Waals surface area contributed by atoms with E-state index in [1.807, 2.05) is 0 Å². The molecule has 1 aromatic heterocycles. The first-order valence-corrected chi connectivity index (χ1v) is 6.75. The lowest BCUT2D eigenvalue weighted by atomic mass is 10.1. The molecule has 0 fully saturated rings. The molecule has 0 aliphatic heterocycles. The molecule has 0 aliphatic carbocycles. The molecule has 0 saturated heterocycles. The third-order valence-electron chi connectivity index (χ3n) is 3.03. The highest BCUT2D eigenvalue weighted by Crippen LogP contribution is 2.12. The number of nitrogens with zero attached hydrogens (tertiary/aromatic N) is 1. The van der Waals surface area contributed by atoms with Crippen LogP contribution in [-0.4, -0.2) is 22.6 Å². The van der Waals surface area contributed by atoms with Gasteiger partial charge >= 0.3 is 0 Å². The van der Waals surface area contributed by atoms with E-state index < -0.39 is 0 Å². The van der Waals surface area contributed by atoms with Crippen LogP contribution in [0.25, 0.3) is 0 Å². The summed E-state index contributed by atoms with van der Waals surface area (Å²) in [6, 6.07) is 0. The predicted molar refractivity (Wildman–Crippen MR) is 73.4 cm³/mol. The molecule has 0 unspecified atom stereocenters. The Morgan fingerprint density at radius 3 is 2.56 bits per heavy atom. The van der Waals surface area contributed by atoms with Gasteiger partial charge in [-0.25, -0.2) is 0 Å². The van der Waals surface area contributed by atoms with Gasteiger partial charge in [0.25, 0.3) is 5.91 Å². The van der Waals surface area contributed by atoms with Gasteiger partial charge in [-0.1, -0.05) is 39.0 Å². The molecule has 4 N–H and O–H groups in total. The molecule has 0 saturated carbocycles. The molecule has 5 heteroatoms. The molecule has 5 nitrogen and oxygen atoms in total. The number of nitrogens with two attached hydrogens (primary N) is 1. The Morgan fingerprint density at radius 2 is 1.94 bits per heavy atom. The summed E-state index contributed by atoms with van der Waals surface area (Å²) in [7, 11) is 0. The van der Waals surface area contributed by atoms with E-state index in [2.05, 4.69) is 22.4 Å². The molecule has 1 rings (SSSR count). The molecular formula is C13H24N4O. The van der Waals surface area contributed by atoms with Crippen molar-refractivity contribution in [3.05, 3.63) is 11.4 Å².